The summed E-state index contributed by atoms with van der Waals surface area (Å²) in [5.74, 6) is -1.59. The SMILES string of the molecule is CC(=O)Oc1ccc(N2C(=O)CC(N(Cc3cccnc3)C(=O)c3ccco3)C2=O)cc1. The summed E-state index contributed by atoms with van der Waals surface area (Å²) in [5, 5.41) is 0. The molecule has 1 atom stereocenters. The Kier molecular flexibility index (Phi) is 5.80. The Hall–Kier alpha value is -4.27. The van der Waals surface area contributed by atoms with Gasteiger partial charge in [0.25, 0.3) is 11.8 Å². The molecule has 3 heterocycles. The second-order valence-electron chi connectivity index (χ2n) is 7.15. The van der Waals surface area contributed by atoms with Gasteiger partial charge in [0.1, 0.15) is 11.8 Å². The highest BCUT2D eigenvalue weighted by molar-refractivity contribution is 6.23. The zero-order valence-corrected chi connectivity index (χ0v) is 17.1. The van der Waals surface area contributed by atoms with Gasteiger partial charge in [-0.2, -0.15) is 0 Å². The molecule has 1 saturated heterocycles. The first-order valence-electron chi connectivity index (χ1n) is 9.82. The number of rotatable bonds is 6. The number of imide groups is 1. The van der Waals surface area contributed by atoms with Gasteiger partial charge in [0.2, 0.25) is 5.91 Å². The summed E-state index contributed by atoms with van der Waals surface area (Å²) in [4.78, 5) is 56.7. The standard InChI is InChI=1S/C23H19N3O6/c1-15(27)32-18-8-6-17(7-9-18)26-21(28)12-19(22(26)29)25(14-16-4-2-10-24-13-16)23(30)20-5-3-11-31-20/h2-11,13,19H,12,14H2,1H3. The molecule has 0 spiro atoms. The number of benzene rings is 1. The van der Waals surface area contributed by atoms with Crippen molar-refractivity contribution >= 4 is 29.4 Å². The number of amides is 3. The summed E-state index contributed by atoms with van der Waals surface area (Å²) in [6.45, 7) is 1.36. The van der Waals surface area contributed by atoms with Crippen molar-refractivity contribution in [2.24, 2.45) is 0 Å². The van der Waals surface area contributed by atoms with E-state index in [0.717, 1.165) is 4.90 Å². The lowest BCUT2D eigenvalue weighted by atomic mass is 10.1. The maximum Gasteiger partial charge on any atom is 0.308 e. The summed E-state index contributed by atoms with van der Waals surface area (Å²) in [5.41, 5.74) is 1.03. The van der Waals surface area contributed by atoms with Crippen LogP contribution in [0.15, 0.2) is 71.6 Å². The molecule has 1 aliphatic rings. The van der Waals surface area contributed by atoms with Crippen LogP contribution in [0.5, 0.6) is 5.75 Å². The third-order valence-electron chi connectivity index (χ3n) is 4.92. The second-order valence-corrected chi connectivity index (χ2v) is 7.15. The number of furan rings is 1. The lowest BCUT2D eigenvalue weighted by molar-refractivity contribution is -0.132. The van der Waals surface area contributed by atoms with E-state index in [1.807, 2.05) is 0 Å². The van der Waals surface area contributed by atoms with Crippen molar-refractivity contribution in [3.63, 3.8) is 0 Å². The first kappa shape index (κ1) is 21.0. The van der Waals surface area contributed by atoms with Crippen molar-refractivity contribution in [3.05, 3.63) is 78.5 Å². The maximum atomic E-state index is 13.3. The summed E-state index contributed by atoms with van der Waals surface area (Å²) < 4.78 is 10.2. The molecule has 1 aliphatic heterocycles. The van der Waals surface area contributed by atoms with Crippen LogP contribution in [0.25, 0.3) is 0 Å². The summed E-state index contributed by atoms with van der Waals surface area (Å²) in [7, 11) is 0. The molecule has 2 aromatic heterocycles. The molecule has 0 aliphatic carbocycles. The molecule has 0 radical (unpaired) electrons. The van der Waals surface area contributed by atoms with E-state index in [1.165, 1.54) is 48.4 Å². The smallest absolute Gasteiger partial charge is 0.308 e. The van der Waals surface area contributed by atoms with Gasteiger partial charge in [0, 0.05) is 25.9 Å². The first-order chi connectivity index (χ1) is 15.4. The number of ether oxygens (including phenoxy) is 1. The molecule has 0 bridgehead atoms. The van der Waals surface area contributed by atoms with Crippen molar-refractivity contribution in [2.75, 3.05) is 4.90 Å². The molecule has 9 heteroatoms. The Labute approximate surface area is 183 Å². The Balaban J connectivity index is 1.62. The van der Waals surface area contributed by atoms with Gasteiger partial charge in [-0.15, -0.1) is 0 Å². The fraction of sp³-hybridized carbons (Fsp3) is 0.174. The third-order valence-corrected chi connectivity index (χ3v) is 4.92. The minimum Gasteiger partial charge on any atom is -0.459 e. The Morgan fingerprint density at radius 2 is 1.94 bits per heavy atom. The zero-order valence-electron chi connectivity index (χ0n) is 17.1. The van der Waals surface area contributed by atoms with E-state index in [2.05, 4.69) is 4.98 Å². The number of aromatic nitrogens is 1. The van der Waals surface area contributed by atoms with Crippen LogP contribution in [-0.2, 0) is 20.9 Å². The van der Waals surface area contributed by atoms with Crippen LogP contribution in [0.3, 0.4) is 0 Å². The topological polar surface area (TPSA) is 110 Å². The maximum absolute atomic E-state index is 13.3. The van der Waals surface area contributed by atoms with Gasteiger partial charge in [-0.1, -0.05) is 6.07 Å². The number of nitrogens with zero attached hydrogens (tertiary/aromatic N) is 3. The molecule has 32 heavy (non-hydrogen) atoms. The second kappa shape index (κ2) is 8.84. The molecular formula is C23H19N3O6. The average Bonchev–Trinajstić information content (AvgIpc) is 3.41. The minimum atomic E-state index is -1.01. The Bertz CT molecular complexity index is 1140. The molecule has 162 valence electrons. The number of esters is 1. The van der Waals surface area contributed by atoms with Crippen molar-refractivity contribution in [1.29, 1.82) is 0 Å². The van der Waals surface area contributed by atoms with Gasteiger partial charge < -0.3 is 14.1 Å². The number of carbonyl (C=O) groups is 4. The van der Waals surface area contributed by atoms with Crippen molar-refractivity contribution < 1.29 is 28.3 Å². The van der Waals surface area contributed by atoms with Crippen LogP contribution >= 0.6 is 0 Å². The Morgan fingerprint density at radius 3 is 2.56 bits per heavy atom. The summed E-state index contributed by atoms with van der Waals surface area (Å²) in [6.07, 6.45) is 4.40. The molecular weight excluding hydrogens is 414 g/mol. The van der Waals surface area contributed by atoms with Crippen molar-refractivity contribution in [2.45, 2.75) is 25.9 Å². The van der Waals surface area contributed by atoms with Gasteiger partial charge in [-0.25, -0.2) is 4.90 Å². The van der Waals surface area contributed by atoms with Crippen LogP contribution in [-0.4, -0.2) is 39.6 Å². The van der Waals surface area contributed by atoms with Gasteiger partial charge >= 0.3 is 5.97 Å². The van der Waals surface area contributed by atoms with Gasteiger partial charge in [0.05, 0.1) is 18.4 Å². The Morgan fingerprint density at radius 1 is 1.16 bits per heavy atom. The van der Waals surface area contributed by atoms with E-state index in [1.54, 1.807) is 30.6 Å². The lowest BCUT2D eigenvalue weighted by Gasteiger charge is -2.27. The summed E-state index contributed by atoms with van der Waals surface area (Å²) >= 11 is 0. The van der Waals surface area contributed by atoms with Crippen LogP contribution in [0.1, 0.15) is 29.5 Å². The van der Waals surface area contributed by atoms with Crippen LogP contribution in [0.4, 0.5) is 5.69 Å². The number of carbonyl (C=O) groups excluding carboxylic acids is 4. The minimum absolute atomic E-state index is 0.0679. The fourth-order valence-electron chi connectivity index (χ4n) is 3.51. The van der Waals surface area contributed by atoms with E-state index < -0.39 is 29.7 Å². The average molecular weight is 433 g/mol. The van der Waals surface area contributed by atoms with E-state index in [-0.39, 0.29) is 18.7 Å². The van der Waals surface area contributed by atoms with Crippen LogP contribution in [0.2, 0.25) is 0 Å². The number of anilines is 1. The predicted octanol–water partition coefficient (Wildman–Crippen LogP) is 2.57. The van der Waals surface area contributed by atoms with Crippen LogP contribution in [0, 0.1) is 0 Å². The number of hydrogen-bond donors (Lipinski definition) is 0. The highest BCUT2D eigenvalue weighted by Gasteiger charge is 2.45. The summed E-state index contributed by atoms with van der Waals surface area (Å²) in [6, 6.07) is 11.6. The van der Waals surface area contributed by atoms with Gasteiger partial charge in [-0.3, -0.25) is 24.2 Å². The van der Waals surface area contributed by atoms with E-state index in [0.29, 0.717) is 17.0 Å². The van der Waals surface area contributed by atoms with E-state index in [9.17, 15) is 19.2 Å². The molecule has 3 aromatic rings. The molecule has 0 N–H and O–H groups in total. The molecule has 3 amide bonds. The molecule has 1 unspecified atom stereocenters. The van der Waals surface area contributed by atoms with Crippen molar-refractivity contribution in [1.82, 2.24) is 9.88 Å². The van der Waals surface area contributed by atoms with Crippen LogP contribution < -0.4 is 9.64 Å². The molecule has 1 aromatic carbocycles. The van der Waals surface area contributed by atoms with Crippen molar-refractivity contribution in [3.8, 4) is 5.75 Å². The van der Waals surface area contributed by atoms with E-state index >= 15 is 0 Å². The first-order valence-corrected chi connectivity index (χ1v) is 9.82. The third kappa shape index (κ3) is 4.27. The molecule has 1 fully saturated rings. The van der Waals surface area contributed by atoms with E-state index in [4.69, 9.17) is 9.15 Å². The monoisotopic (exact) mass is 433 g/mol. The van der Waals surface area contributed by atoms with Gasteiger partial charge in [0.15, 0.2) is 5.76 Å². The normalized spacial score (nSPS) is 15.7. The molecule has 9 nitrogen and oxygen atoms in total. The molecule has 0 saturated carbocycles. The molecule has 4 rings (SSSR count). The number of hydrogen-bond acceptors (Lipinski definition) is 7. The highest BCUT2D eigenvalue weighted by atomic mass is 16.5. The van der Waals surface area contributed by atoms with Gasteiger partial charge in [-0.05, 0) is 48.0 Å². The largest absolute Gasteiger partial charge is 0.459 e. The zero-order chi connectivity index (χ0) is 22.7. The predicted molar refractivity (Wildman–Crippen MR) is 111 cm³/mol. The lowest BCUT2D eigenvalue weighted by Crippen LogP contribution is -2.45. The highest BCUT2D eigenvalue weighted by Crippen LogP contribution is 2.29. The fourth-order valence-corrected chi connectivity index (χ4v) is 3.51. The number of pyridine rings is 1. The quantitative estimate of drug-likeness (QED) is 0.334.